The molecule has 0 heterocycles. The predicted octanol–water partition coefficient (Wildman–Crippen LogP) is -0.992. The Labute approximate surface area is 98.6 Å². The zero-order valence-corrected chi connectivity index (χ0v) is 12.9. The molecule has 1 radical (unpaired) electrons. The molecule has 0 bridgehead atoms. The summed E-state index contributed by atoms with van der Waals surface area (Å²) in [6.07, 6.45) is 0. The van der Waals surface area contributed by atoms with Crippen LogP contribution in [0.25, 0.3) is 0 Å². The summed E-state index contributed by atoms with van der Waals surface area (Å²) < 4.78 is 0. The van der Waals surface area contributed by atoms with E-state index in [1.807, 2.05) is 27.7 Å². The van der Waals surface area contributed by atoms with E-state index in [9.17, 15) is 5.11 Å². The largest absolute Gasteiger partial charge is 1.00 e. The molecule has 0 fully saturated rings. The first-order valence-electron chi connectivity index (χ1n) is 3.61. The zero-order valence-electron chi connectivity index (χ0n) is 8.30. The summed E-state index contributed by atoms with van der Waals surface area (Å²) in [7, 11) is 0. The van der Waals surface area contributed by atoms with Crippen molar-refractivity contribution >= 4 is 0 Å². The first-order chi connectivity index (χ1) is 4.46. The van der Waals surface area contributed by atoms with Crippen molar-refractivity contribution in [2.45, 2.75) is 39.8 Å². The molecular weight excluding hydrogens is 271 g/mol. The molecule has 0 spiro atoms. The van der Waals surface area contributed by atoms with Crippen molar-refractivity contribution < 1.29 is 41.6 Å². The van der Waals surface area contributed by atoms with E-state index in [4.69, 9.17) is 0 Å². The van der Waals surface area contributed by atoms with Crippen LogP contribution < -0.4 is 17.0 Å². The second-order valence-electron chi connectivity index (χ2n) is 2.99. The Hall–Kier alpha value is 0.443. The Balaban J connectivity index is -0.000000405. The van der Waals surface area contributed by atoms with Gasteiger partial charge >= 0.3 is 0 Å². The van der Waals surface area contributed by atoms with E-state index in [2.05, 4.69) is 6.58 Å². The van der Waals surface area contributed by atoms with Gasteiger partial charge in [0, 0.05) is 31.6 Å². The van der Waals surface area contributed by atoms with Crippen LogP contribution in [0, 0.1) is 0 Å². The molecule has 0 saturated heterocycles. The van der Waals surface area contributed by atoms with Gasteiger partial charge in [0.15, 0.2) is 0 Å². The minimum Gasteiger partial charge on any atom is -1.00 e. The fraction of sp³-hybridized carbons (Fsp3) is 0.750. The molecule has 0 saturated carbocycles. The van der Waals surface area contributed by atoms with E-state index in [1.54, 1.807) is 4.90 Å². The van der Waals surface area contributed by atoms with Crippen molar-refractivity contribution in [3.63, 3.8) is 0 Å². The normalized spacial score (nSPS) is 8.83. The van der Waals surface area contributed by atoms with Gasteiger partial charge in [-0.15, -0.1) is 0 Å². The maximum Gasteiger partial charge on any atom is 0.239 e. The first-order valence-corrected chi connectivity index (χ1v) is 3.61. The van der Waals surface area contributed by atoms with Gasteiger partial charge < -0.3 is 21.9 Å². The summed E-state index contributed by atoms with van der Waals surface area (Å²) in [5.74, 6) is -0.0926. The molecule has 0 N–H and O–H groups in total. The van der Waals surface area contributed by atoms with Gasteiger partial charge in [0.05, 0.1) is 0 Å². The maximum atomic E-state index is 10.8. The number of hydrogen-bond acceptors (Lipinski definition) is 1. The number of halogens is 1. The summed E-state index contributed by atoms with van der Waals surface area (Å²) in [4.78, 5) is 1.75. The van der Waals surface area contributed by atoms with Gasteiger partial charge in [-0.3, -0.25) is 5.11 Å². The van der Waals surface area contributed by atoms with Crippen LogP contribution in [0.15, 0.2) is 12.5 Å². The molecule has 2 nitrogen and oxygen atoms in total. The average Bonchev–Trinajstić information content (AvgIpc) is 1.59. The molecule has 0 rings (SSSR count). The van der Waals surface area contributed by atoms with Crippen molar-refractivity contribution in [1.29, 1.82) is 0 Å². The maximum absolute atomic E-state index is 10.8. The summed E-state index contributed by atoms with van der Waals surface area (Å²) in [6, 6.07) is 0.509. The van der Waals surface area contributed by atoms with E-state index in [0.29, 0.717) is 0 Å². The van der Waals surface area contributed by atoms with Crippen molar-refractivity contribution in [1.82, 2.24) is 4.90 Å². The van der Waals surface area contributed by atoms with Crippen molar-refractivity contribution in [2.75, 3.05) is 0 Å². The monoisotopic (exact) mass is 285 g/mol. The van der Waals surface area contributed by atoms with E-state index in [-0.39, 0.29) is 54.4 Å². The van der Waals surface area contributed by atoms with Gasteiger partial charge in [-0.05, 0) is 34.3 Å². The van der Waals surface area contributed by atoms with Gasteiger partial charge in [0.1, 0.15) is 0 Å². The molecule has 12 heavy (non-hydrogen) atoms. The molecule has 69 valence electrons. The second-order valence-corrected chi connectivity index (χ2v) is 2.99. The number of rotatable bonds is 3. The quantitative estimate of drug-likeness (QED) is 0.483. The van der Waals surface area contributed by atoms with E-state index >= 15 is 0 Å². The molecule has 0 aromatic heterocycles. The summed E-state index contributed by atoms with van der Waals surface area (Å²) in [5, 5.41) is 10.8. The molecule has 0 unspecified atom stereocenters. The van der Waals surface area contributed by atoms with Gasteiger partial charge in [-0.25, -0.2) is 0 Å². The molecule has 0 aromatic rings. The smallest absolute Gasteiger partial charge is 0.239 e. The van der Waals surface area contributed by atoms with Gasteiger partial charge in [-0.2, -0.15) is 0 Å². The minimum absolute atomic E-state index is 0. The summed E-state index contributed by atoms with van der Waals surface area (Å²) >= 11 is 0. The van der Waals surface area contributed by atoms with E-state index in [0.717, 1.165) is 0 Å². The SMILES string of the molecule is C=C([O])N(C(C)C)C(C)C.[Br-].[Zn]. The van der Waals surface area contributed by atoms with Crippen LogP contribution >= 0.6 is 0 Å². The third-order valence-corrected chi connectivity index (χ3v) is 1.40. The molecule has 0 amide bonds. The molecule has 0 aliphatic rings. The Kier molecular flexibility index (Phi) is 12.3. The average molecular weight is 288 g/mol. The topological polar surface area (TPSA) is 23.1 Å². The van der Waals surface area contributed by atoms with Crippen LogP contribution in [-0.2, 0) is 24.6 Å². The van der Waals surface area contributed by atoms with Crippen LogP contribution in [0.5, 0.6) is 0 Å². The fourth-order valence-corrected chi connectivity index (χ4v) is 1.17. The third-order valence-electron chi connectivity index (χ3n) is 1.40. The summed E-state index contributed by atoms with van der Waals surface area (Å²) in [6.45, 7) is 11.3. The zero-order chi connectivity index (χ0) is 8.31. The Morgan fingerprint density at radius 1 is 1.17 bits per heavy atom. The molecular formula is C8H16BrNOZn-. The van der Waals surface area contributed by atoms with Gasteiger partial charge in [0.2, 0.25) is 5.88 Å². The minimum atomic E-state index is -0.0926. The van der Waals surface area contributed by atoms with Crippen molar-refractivity contribution in [3.05, 3.63) is 12.5 Å². The first kappa shape index (κ1) is 18.3. The van der Waals surface area contributed by atoms with Gasteiger partial charge in [-0.1, -0.05) is 0 Å². The van der Waals surface area contributed by atoms with Crippen LogP contribution in [0.3, 0.4) is 0 Å². The molecule has 0 atom stereocenters. The van der Waals surface area contributed by atoms with Crippen LogP contribution in [0.2, 0.25) is 0 Å². The molecule has 4 heteroatoms. The Bertz CT molecular complexity index is 120. The second kappa shape index (κ2) is 8.06. The standard InChI is InChI=1S/C8H16NO.BrH.Zn/c1-6(2)9(7(3)4)8(5)10;;/h6-7H,5H2,1-4H3;1H;/p-1. The molecule has 0 aliphatic carbocycles. The number of nitrogens with zero attached hydrogens (tertiary/aromatic N) is 1. The van der Waals surface area contributed by atoms with E-state index in [1.165, 1.54) is 0 Å². The van der Waals surface area contributed by atoms with Gasteiger partial charge in [0.25, 0.3) is 0 Å². The fourth-order valence-electron chi connectivity index (χ4n) is 1.17. The van der Waals surface area contributed by atoms with E-state index < -0.39 is 0 Å². The Morgan fingerprint density at radius 2 is 1.42 bits per heavy atom. The summed E-state index contributed by atoms with van der Waals surface area (Å²) in [5.41, 5.74) is 0. The van der Waals surface area contributed by atoms with Crippen LogP contribution in [0.1, 0.15) is 27.7 Å². The van der Waals surface area contributed by atoms with Crippen LogP contribution in [0.4, 0.5) is 0 Å². The molecule has 0 aromatic carbocycles. The Morgan fingerprint density at radius 3 is 1.42 bits per heavy atom. The van der Waals surface area contributed by atoms with Crippen molar-refractivity contribution in [2.24, 2.45) is 0 Å². The predicted molar refractivity (Wildman–Crippen MR) is 41.9 cm³/mol. The molecule has 0 aliphatic heterocycles. The van der Waals surface area contributed by atoms with Crippen molar-refractivity contribution in [3.8, 4) is 0 Å². The number of hydrogen-bond donors (Lipinski definition) is 0. The third kappa shape index (κ3) is 6.01. The van der Waals surface area contributed by atoms with Crippen LogP contribution in [-0.4, -0.2) is 17.0 Å².